The van der Waals surface area contributed by atoms with Crippen molar-refractivity contribution in [2.24, 2.45) is 11.7 Å². The Morgan fingerprint density at radius 1 is 1.31 bits per heavy atom. The van der Waals surface area contributed by atoms with E-state index in [0.29, 0.717) is 12.0 Å². The molecule has 0 aromatic rings. The zero-order chi connectivity index (χ0) is 12.7. The van der Waals surface area contributed by atoms with Crippen LogP contribution in [0.4, 0.5) is 0 Å². The van der Waals surface area contributed by atoms with Crippen LogP contribution in [0, 0.1) is 5.92 Å². The van der Waals surface area contributed by atoms with Crippen molar-refractivity contribution in [3.05, 3.63) is 0 Å². The van der Waals surface area contributed by atoms with Crippen molar-refractivity contribution in [2.75, 3.05) is 6.54 Å². The average molecular weight is 244 g/mol. The van der Waals surface area contributed by atoms with E-state index >= 15 is 0 Å². The van der Waals surface area contributed by atoms with Crippen LogP contribution in [0.15, 0.2) is 0 Å². The van der Waals surface area contributed by atoms with E-state index in [1.165, 1.54) is 0 Å². The summed E-state index contributed by atoms with van der Waals surface area (Å²) in [4.78, 5) is 14.2. The zero-order valence-corrected chi connectivity index (χ0v) is 11.6. The lowest BCUT2D eigenvalue weighted by Crippen LogP contribution is -2.43. The highest BCUT2D eigenvalue weighted by Gasteiger charge is 2.21. The van der Waals surface area contributed by atoms with Crippen molar-refractivity contribution in [3.8, 4) is 0 Å². The summed E-state index contributed by atoms with van der Waals surface area (Å²) in [7, 11) is 0. The van der Waals surface area contributed by atoms with Crippen LogP contribution in [0.3, 0.4) is 0 Å². The molecule has 0 spiro atoms. The van der Waals surface area contributed by atoms with Gasteiger partial charge in [-0.25, -0.2) is 0 Å². The molecule has 0 aromatic carbocycles. The standard InChI is InChI=1S/C12H24N2OS/c1-5-10(6-2)14(8-9(3)4)12(15)7-11(13)16/h9-10H,5-8H2,1-4H3,(H2,13,16). The summed E-state index contributed by atoms with van der Waals surface area (Å²) in [5.41, 5.74) is 5.43. The molecule has 0 saturated carbocycles. The maximum Gasteiger partial charge on any atom is 0.229 e. The number of nitrogens with zero attached hydrogens (tertiary/aromatic N) is 1. The van der Waals surface area contributed by atoms with Gasteiger partial charge in [0.25, 0.3) is 0 Å². The number of carbonyl (C=O) groups excluding carboxylic acids is 1. The van der Waals surface area contributed by atoms with Crippen LogP contribution in [0.2, 0.25) is 0 Å². The van der Waals surface area contributed by atoms with Crippen molar-refractivity contribution in [3.63, 3.8) is 0 Å². The largest absolute Gasteiger partial charge is 0.393 e. The second-order valence-corrected chi connectivity index (χ2v) is 5.08. The highest BCUT2D eigenvalue weighted by atomic mass is 32.1. The third kappa shape index (κ3) is 5.45. The van der Waals surface area contributed by atoms with Crippen LogP contribution in [0.25, 0.3) is 0 Å². The van der Waals surface area contributed by atoms with Gasteiger partial charge in [-0.3, -0.25) is 4.79 Å². The van der Waals surface area contributed by atoms with Crippen molar-refractivity contribution in [2.45, 2.75) is 53.0 Å². The summed E-state index contributed by atoms with van der Waals surface area (Å²) >= 11 is 4.79. The van der Waals surface area contributed by atoms with Gasteiger partial charge in [-0.15, -0.1) is 0 Å². The Morgan fingerprint density at radius 3 is 2.12 bits per heavy atom. The average Bonchev–Trinajstić information content (AvgIpc) is 2.16. The monoisotopic (exact) mass is 244 g/mol. The SMILES string of the molecule is CCC(CC)N(CC(C)C)C(=O)CC(N)=S. The molecule has 0 rings (SSSR count). The molecule has 3 nitrogen and oxygen atoms in total. The molecule has 0 fully saturated rings. The molecular weight excluding hydrogens is 220 g/mol. The maximum atomic E-state index is 12.0. The number of rotatable bonds is 7. The molecule has 0 radical (unpaired) electrons. The molecule has 0 saturated heterocycles. The van der Waals surface area contributed by atoms with Gasteiger partial charge < -0.3 is 10.6 Å². The fourth-order valence-corrected chi connectivity index (χ4v) is 1.95. The second kappa shape index (κ2) is 7.60. The normalized spacial score (nSPS) is 10.9. The van der Waals surface area contributed by atoms with E-state index < -0.39 is 0 Å². The first-order valence-corrected chi connectivity index (χ1v) is 6.40. The lowest BCUT2D eigenvalue weighted by molar-refractivity contribution is -0.133. The first-order chi connectivity index (χ1) is 7.42. The van der Waals surface area contributed by atoms with Crippen LogP contribution >= 0.6 is 12.2 Å². The lowest BCUT2D eigenvalue weighted by atomic mass is 10.1. The summed E-state index contributed by atoms with van der Waals surface area (Å²) in [5, 5.41) is 0. The van der Waals surface area contributed by atoms with E-state index in [4.69, 9.17) is 18.0 Å². The second-order valence-electron chi connectivity index (χ2n) is 4.55. The van der Waals surface area contributed by atoms with Crippen LogP contribution in [0.1, 0.15) is 47.0 Å². The quantitative estimate of drug-likeness (QED) is 0.699. The first kappa shape index (κ1) is 15.4. The predicted octanol–water partition coefficient (Wildman–Crippen LogP) is 2.34. The topological polar surface area (TPSA) is 46.3 Å². The lowest BCUT2D eigenvalue weighted by Gasteiger charge is -2.32. The first-order valence-electron chi connectivity index (χ1n) is 6.00. The smallest absolute Gasteiger partial charge is 0.229 e. The molecule has 0 aromatic heterocycles. The molecule has 0 atom stereocenters. The molecule has 0 aliphatic carbocycles. The maximum absolute atomic E-state index is 12.0. The van der Waals surface area contributed by atoms with Gasteiger partial charge in [0.2, 0.25) is 5.91 Å². The third-order valence-corrected chi connectivity index (χ3v) is 2.74. The van der Waals surface area contributed by atoms with E-state index in [9.17, 15) is 4.79 Å². The Balaban J connectivity index is 4.63. The van der Waals surface area contributed by atoms with E-state index in [1.807, 2.05) is 4.90 Å². The van der Waals surface area contributed by atoms with Crippen molar-refractivity contribution < 1.29 is 4.79 Å². The van der Waals surface area contributed by atoms with Crippen LogP contribution < -0.4 is 5.73 Å². The molecule has 0 heterocycles. The predicted molar refractivity (Wildman–Crippen MR) is 72.3 cm³/mol. The molecule has 0 bridgehead atoms. The van der Waals surface area contributed by atoms with Crippen LogP contribution in [-0.4, -0.2) is 28.4 Å². The van der Waals surface area contributed by atoms with Gasteiger partial charge in [-0.1, -0.05) is 39.9 Å². The molecule has 0 aliphatic heterocycles. The fraction of sp³-hybridized carbons (Fsp3) is 0.833. The van der Waals surface area contributed by atoms with Gasteiger partial charge in [0, 0.05) is 12.6 Å². The molecule has 16 heavy (non-hydrogen) atoms. The third-order valence-electron chi connectivity index (χ3n) is 2.59. The fourth-order valence-electron chi connectivity index (χ4n) is 1.83. The van der Waals surface area contributed by atoms with Gasteiger partial charge in [-0.2, -0.15) is 0 Å². The molecule has 1 amide bonds. The summed E-state index contributed by atoms with van der Waals surface area (Å²) in [6, 6.07) is 0.309. The van der Waals surface area contributed by atoms with Crippen LogP contribution in [0.5, 0.6) is 0 Å². The van der Waals surface area contributed by atoms with E-state index in [0.717, 1.165) is 19.4 Å². The van der Waals surface area contributed by atoms with Crippen LogP contribution in [-0.2, 0) is 4.79 Å². The number of hydrogen-bond donors (Lipinski definition) is 1. The number of thiocarbonyl (C=S) groups is 1. The number of amides is 1. The molecule has 0 unspecified atom stereocenters. The Morgan fingerprint density at radius 2 is 1.81 bits per heavy atom. The van der Waals surface area contributed by atoms with Crippen molar-refractivity contribution in [1.82, 2.24) is 4.90 Å². The van der Waals surface area contributed by atoms with Gasteiger partial charge >= 0.3 is 0 Å². The van der Waals surface area contributed by atoms with Crippen molar-refractivity contribution >= 4 is 23.1 Å². The molecule has 94 valence electrons. The Kier molecular flexibility index (Phi) is 7.30. The summed E-state index contributed by atoms with van der Waals surface area (Å²) in [6.07, 6.45) is 2.15. The molecular formula is C12H24N2OS. The van der Waals surface area contributed by atoms with Gasteiger partial charge in [0.05, 0.1) is 11.4 Å². The summed E-state index contributed by atoms with van der Waals surface area (Å²) in [6.45, 7) is 9.23. The Bertz CT molecular complexity index is 237. The molecule has 0 aliphatic rings. The molecule has 4 heteroatoms. The number of carbonyl (C=O) groups is 1. The minimum Gasteiger partial charge on any atom is -0.393 e. The Labute approximate surface area is 104 Å². The van der Waals surface area contributed by atoms with Crippen molar-refractivity contribution in [1.29, 1.82) is 0 Å². The minimum absolute atomic E-state index is 0.0647. The van der Waals surface area contributed by atoms with E-state index in [2.05, 4.69) is 27.7 Å². The van der Waals surface area contributed by atoms with Gasteiger partial charge in [0.15, 0.2) is 0 Å². The zero-order valence-electron chi connectivity index (χ0n) is 10.8. The highest BCUT2D eigenvalue weighted by Crippen LogP contribution is 2.13. The van der Waals surface area contributed by atoms with E-state index in [1.54, 1.807) is 0 Å². The number of nitrogens with two attached hydrogens (primary N) is 1. The minimum atomic E-state index is 0.0647. The highest BCUT2D eigenvalue weighted by molar-refractivity contribution is 7.80. The van der Waals surface area contributed by atoms with Gasteiger partial charge in [-0.05, 0) is 18.8 Å². The number of hydrogen-bond acceptors (Lipinski definition) is 2. The summed E-state index contributed by atoms with van der Waals surface area (Å²) < 4.78 is 0. The van der Waals surface area contributed by atoms with Gasteiger partial charge in [0.1, 0.15) is 0 Å². The van der Waals surface area contributed by atoms with E-state index in [-0.39, 0.29) is 17.3 Å². The Hall–Kier alpha value is -0.640. The molecule has 2 N–H and O–H groups in total. The summed E-state index contributed by atoms with van der Waals surface area (Å²) in [5.74, 6) is 0.533.